The molecule has 1 fully saturated rings. The van der Waals surface area contributed by atoms with E-state index < -0.39 is 0 Å². The molecule has 1 rings (SSSR count). The minimum atomic E-state index is 0.523. The highest BCUT2D eigenvalue weighted by Gasteiger charge is 2.29. The summed E-state index contributed by atoms with van der Waals surface area (Å²) in [4.78, 5) is 0. The Bertz CT molecular complexity index is 74.8. The van der Waals surface area contributed by atoms with E-state index in [1.165, 1.54) is 19.3 Å². The molecule has 0 spiro atoms. The van der Waals surface area contributed by atoms with Crippen LogP contribution in [-0.4, -0.2) is 12.1 Å². The van der Waals surface area contributed by atoms with Gasteiger partial charge in [-0.1, -0.05) is 20.8 Å². The van der Waals surface area contributed by atoms with Crippen molar-refractivity contribution in [2.75, 3.05) is 6.54 Å². The van der Waals surface area contributed by atoms with Gasteiger partial charge >= 0.3 is 0 Å². The molecule has 1 aliphatic rings. The summed E-state index contributed by atoms with van der Waals surface area (Å²) < 4.78 is 0. The van der Waals surface area contributed by atoms with Crippen LogP contribution in [0.5, 0.6) is 0 Å². The maximum Gasteiger partial charge on any atom is 0.0153 e. The maximum atomic E-state index is 3.46. The first-order valence-electron chi connectivity index (χ1n) is 4.52. The van der Waals surface area contributed by atoms with Crippen molar-refractivity contribution < 1.29 is 0 Å². The Kier molecular flexibility index (Phi) is 4.71. The lowest BCUT2D eigenvalue weighted by Gasteiger charge is -2.39. The monoisotopic (exact) mass is 143 g/mol. The first kappa shape index (κ1) is 9.96. The topological polar surface area (TPSA) is 12.0 Å². The number of hydrogen-bond donors (Lipinski definition) is 1. The van der Waals surface area contributed by atoms with Crippen molar-refractivity contribution in [3.63, 3.8) is 0 Å². The second-order valence-electron chi connectivity index (χ2n) is 2.94. The molecule has 1 heteroatoms. The molecule has 0 aromatic heterocycles. The van der Waals surface area contributed by atoms with E-state index in [-0.39, 0.29) is 0 Å². The standard InChI is InChI=1S/C7H15N.C2H6/c1-3-8-7(2)5-4-6-7;1-2/h8H,3-6H2,1-2H3;1-2H3. The molecule has 1 N–H and O–H groups in total. The normalized spacial score (nSPS) is 20.4. The van der Waals surface area contributed by atoms with Crippen LogP contribution in [0.4, 0.5) is 0 Å². The maximum absolute atomic E-state index is 3.46. The molecule has 0 atom stereocenters. The molecule has 0 aromatic carbocycles. The van der Waals surface area contributed by atoms with Crippen LogP contribution in [0.15, 0.2) is 0 Å². The largest absolute Gasteiger partial charge is 0.312 e. The molecule has 1 saturated carbocycles. The summed E-state index contributed by atoms with van der Waals surface area (Å²) in [5.41, 5.74) is 0.523. The zero-order valence-electron chi connectivity index (χ0n) is 7.83. The van der Waals surface area contributed by atoms with Crippen molar-refractivity contribution in [2.24, 2.45) is 0 Å². The Hall–Kier alpha value is -0.0400. The van der Waals surface area contributed by atoms with Crippen LogP contribution < -0.4 is 5.32 Å². The van der Waals surface area contributed by atoms with Crippen LogP contribution in [0.2, 0.25) is 0 Å². The molecule has 0 aromatic rings. The average molecular weight is 143 g/mol. The van der Waals surface area contributed by atoms with E-state index in [1.807, 2.05) is 13.8 Å². The molecule has 0 heterocycles. The van der Waals surface area contributed by atoms with Crippen LogP contribution in [0, 0.1) is 0 Å². The van der Waals surface area contributed by atoms with Crippen LogP contribution in [0.1, 0.15) is 47.0 Å². The Morgan fingerprint density at radius 3 is 1.90 bits per heavy atom. The average Bonchev–Trinajstić information content (AvgIpc) is 1.90. The number of rotatable bonds is 2. The molecule has 0 amide bonds. The molecule has 0 unspecified atom stereocenters. The molecule has 1 nitrogen and oxygen atoms in total. The predicted molar refractivity (Wildman–Crippen MR) is 47.3 cm³/mol. The third kappa shape index (κ3) is 2.70. The van der Waals surface area contributed by atoms with Gasteiger partial charge in [-0.25, -0.2) is 0 Å². The summed E-state index contributed by atoms with van der Waals surface area (Å²) in [7, 11) is 0. The SMILES string of the molecule is CC.CCNC1(C)CCC1. The van der Waals surface area contributed by atoms with E-state index in [1.54, 1.807) is 0 Å². The van der Waals surface area contributed by atoms with Crippen LogP contribution in [0.3, 0.4) is 0 Å². The van der Waals surface area contributed by atoms with Crippen LogP contribution in [-0.2, 0) is 0 Å². The van der Waals surface area contributed by atoms with Gasteiger partial charge < -0.3 is 5.32 Å². The Morgan fingerprint density at radius 1 is 1.30 bits per heavy atom. The fourth-order valence-electron chi connectivity index (χ4n) is 1.31. The van der Waals surface area contributed by atoms with Gasteiger partial charge in [0.15, 0.2) is 0 Å². The lowest BCUT2D eigenvalue weighted by molar-refractivity contribution is 0.213. The lowest BCUT2D eigenvalue weighted by Crippen LogP contribution is -2.47. The second-order valence-corrected chi connectivity index (χ2v) is 2.94. The van der Waals surface area contributed by atoms with E-state index in [2.05, 4.69) is 19.2 Å². The molecule has 0 saturated heterocycles. The summed E-state index contributed by atoms with van der Waals surface area (Å²) >= 11 is 0. The van der Waals surface area contributed by atoms with Gasteiger partial charge in [-0.15, -0.1) is 0 Å². The third-order valence-corrected chi connectivity index (χ3v) is 2.06. The summed E-state index contributed by atoms with van der Waals surface area (Å²) in [6.07, 6.45) is 4.17. The highest BCUT2D eigenvalue weighted by molar-refractivity contribution is 4.90. The third-order valence-electron chi connectivity index (χ3n) is 2.06. The predicted octanol–water partition coefficient (Wildman–Crippen LogP) is 2.56. The van der Waals surface area contributed by atoms with E-state index in [9.17, 15) is 0 Å². The zero-order chi connectivity index (χ0) is 8.04. The Balaban J connectivity index is 0.000000371. The molecule has 0 bridgehead atoms. The number of nitrogens with one attached hydrogen (secondary N) is 1. The quantitative estimate of drug-likeness (QED) is 0.626. The van der Waals surface area contributed by atoms with Gasteiger partial charge in [-0.2, -0.15) is 0 Å². The highest BCUT2D eigenvalue weighted by Crippen LogP contribution is 2.30. The van der Waals surface area contributed by atoms with Gasteiger partial charge in [0.2, 0.25) is 0 Å². The van der Waals surface area contributed by atoms with Crippen molar-refractivity contribution in [3.05, 3.63) is 0 Å². The lowest BCUT2D eigenvalue weighted by atomic mass is 9.79. The summed E-state index contributed by atoms with van der Waals surface area (Å²) in [5, 5.41) is 3.46. The summed E-state index contributed by atoms with van der Waals surface area (Å²) in [6.45, 7) is 9.60. The Labute approximate surface area is 65.2 Å². The fraction of sp³-hybridized carbons (Fsp3) is 1.00. The Morgan fingerprint density at radius 2 is 1.80 bits per heavy atom. The highest BCUT2D eigenvalue weighted by atomic mass is 15.0. The fourth-order valence-corrected chi connectivity index (χ4v) is 1.31. The van der Waals surface area contributed by atoms with Crippen LogP contribution in [0.25, 0.3) is 0 Å². The molecule has 10 heavy (non-hydrogen) atoms. The molecule has 62 valence electrons. The van der Waals surface area contributed by atoms with Crippen LogP contribution >= 0.6 is 0 Å². The van der Waals surface area contributed by atoms with Crippen molar-refractivity contribution in [1.82, 2.24) is 5.32 Å². The van der Waals surface area contributed by atoms with E-state index in [0.717, 1.165) is 6.54 Å². The van der Waals surface area contributed by atoms with Gasteiger partial charge in [-0.3, -0.25) is 0 Å². The first-order valence-corrected chi connectivity index (χ1v) is 4.52. The molecule has 1 aliphatic carbocycles. The van der Waals surface area contributed by atoms with Gasteiger partial charge in [0.05, 0.1) is 0 Å². The van der Waals surface area contributed by atoms with Gasteiger partial charge in [0.1, 0.15) is 0 Å². The van der Waals surface area contributed by atoms with Crippen molar-refractivity contribution in [3.8, 4) is 0 Å². The van der Waals surface area contributed by atoms with E-state index in [4.69, 9.17) is 0 Å². The van der Waals surface area contributed by atoms with E-state index >= 15 is 0 Å². The van der Waals surface area contributed by atoms with Gasteiger partial charge in [-0.05, 0) is 32.7 Å². The summed E-state index contributed by atoms with van der Waals surface area (Å²) in [5.74, 6) is 0. The minimum Gasteiger partial charge on any atom is -0.312 e. The molecular formula is C9H21N. The summed E-state index contributed by atoms with van der Waals surface area (Å²) in [6, 6.07) is 0. The zero-order valence-corrected chi connectivity index (χ0v) is 7.83. The van der Waals surface area contributed by atoms with Gasteiger partial charge in [0.25, 0.3) is 0 Å². The van der Waals surface area contributed by atoms with Crippen molar-refractivity contribution in [1.29, 1.82) is 0 Å². The van der Waals surface area contributed by atoms with Crippen molar-refractivity contribution >= 4 is 0 Å². The van der Waals surface area contributed by atoms with Gasteiger partial charge in [0, 0.05) is 5.54 Å². The molecule has 0 radical (unpaired) electrons. The van der Waals surface area contributed by atoms with E-state index in [0.29, 0.717) is 5.54 Å². The number of hydrogen-bond acceptors (Lipinski definition) is 1. The first-order chi connectivity index (χ1) is 4.77. The minimum absolute atomic E-state index is 0.523. The van der Waals surface area contributed by atoms with Crippen molar-refractivity contribution in [2.45, 2.75) is 52.5 Å². The molecular weight excluding hydrogens is 122 g/mol. The smallest absolute Gasteiger partial charge is 0.0153 e. The second kappa shape index (κ2) is 4.73. The molecule has 0 aliphatic heterocycles.